The highest BCUT2D eigenvalue weighted by Gasteiger charge is 1.92. The van der Waals surface area contributed by atoms with E-state index in [0.717, 1.165) is 12.0 Å². The first kappa shape index (κ1) is 10.8. The van der Waals surface area contributed by atoms with Gasteiger partial charge in [-0.25, -0.2) is 0 Å². The molecule has 0 N–H and O–H groups in total. The Kier molecular flexibility index (Phi) is 3.62. The lowest BCUT2D eigenvalue weighted by Gasteiger charge is -1.97. The van der Waals surface area contributed by atoms with Crippen molar-refractivity contribution >= 4 is 10.8 Å². The Morgan fingerprint density at radius 2 is 1.81 bits per heavy atom. The highest BCUT2D eigenvalue weighted by atomic mass is 14.0. The average Bonchev–Trinajstić information content (AvgIpc) is 2.34. The maximum Gasteiger partial charge on any atom is 0.0251 e. The van der Waals surface area contributed by atoms with Crippen molar-refractivity contribution in [2.75, 3.05) is 0 Å². The molecule has 0 heterocycles. The fraction of sp³-hybridized carbons (Fsp3) is 0.250. The summed E-state index contributed by atoms with van der Waals surface area (Å²) in [6, 6.07) is 14.8. The number of fused-ring (bicyclic) bond motifs is 1. The Morgan fingerprint density at radius 1 is 1.00 bits per heavy atom. The molecule has 0 amide bonds. The zero-order chi connectivity index (χ0) is 11.2. The molecule has 0 aliphatic heterocycles. The van der Waals surface area contributed by atoms with Crippen LogP contribution in [-0.4, -0.2) is 0 Å². The van der Waals surface area contributed by atoms with Gasteiger partial charge < -0.3 is 0 Å². The first-order chi connectivity index (χ1) is 7.90. The molecule has 0 aliphatic rings. The van der Waals surface area contributed by atoms with Crippen LogP contribution in [0.5, 0.6) is 0 Å². The monoisotopic (exact) mass is 208 g/mol. The molecule has 2 aromatic carbocycles. The van der Waals surface area contributed by atoms with E-state index in [9.17, 15) is 0 Å². The molecule has 80 valence electrons. The quantitative estimate of drug-likeness (QED) is 0.507. The van der Waals surface area contributed by atoms with Crippen molar-refractivity contribution < 1.29 is 0 Å². The largest absolute Gasteiger partial charge is 0.0979 e. The first-order valence-corrected chi connectivity index (χ1v) is 5.88. The maximum atomic E-state index is 3.22. The van der Waals surface area contributed by atoms with Gasteiger partial charge in [-0.3, -0.25) is 0 Å². The van der Waals surface area contributed by atoms with Crippen LogP contribution < -0.4 is 0 Å². The minimum atomic E-state index is 1.00. The molecule has 0 bridgehead atoms. The van der Waals surface area contributed by atoms with Gasteiger partial charge in [-0.2, -0.15) is 0 Å². The molecule has 0 atom stereocenters. The third-order valence-electron chi connectivity index (χ3n) is 2.64. The van der Waals surface area contributed by atoms with Crippen molar-refractivity contribution in [3.8, 4) is 11.8 Å². The standard InChI is InChI=1S/C16H16/c1-2-3-4-5-8-14-11-12-15-9-6-7-10-16(15)13-14/h6-7,9-13H,2-4H2,1H3. The molecule has 0 saturated carbocycles. The van der Waals surface area contributed by atoms with E-state index in [1.54, 1.807) is 0 Å². The molecular formula is C16H16. The van der Waals surface area contributed by atoms with Crippen molar-refractivity contribution in [2.45, 2.75) is 26.2 Å². The molecular weight excluding hydrogens is 192 g/mol. The minimum Gasteiger partial charge on any atom is -0.0979 e. The Balaban J connectivity index is 2.21. The maximum absolute atomic E-state index is 3.22. The van der Waals surface area contributed by atoms with Crippen molar-refractivity contribution in [1.82, 2.24) is 0 Å². The second kappa shape index (κ2) is 5.37. The average molecular weight is 208 g/mol. The molecule has 0 nitrogen and oxygen atoms in total. The lowest BCUT2D eigenvalue weighted by Crippen LogP contribution is -1.76. The normalized spacial score (nSPS) is 9.81. The van der Waals surface area contributed by atoms with E-state index in [1.807, 2.05) is 0 Å². The van der Waals surface area contributed by atoms with Gasteiger partial charge in [-0.05, 0) is 29.3 Å². The number of benzene rings is 2. The van der Waals surface area contributed by atoms with Gasteiger partial charge in [0.1, 0.15) is 0 Å². The summed E-state index contributed by atoms with van der Waals surface area (Å²) in [7, 11) is 0. The Bertz CT molecular complexity index is 526. The number of rotatable bonds is 2. The van der Waals surface area contributed by atoms with Crippen LogP contribution >= 0.6 is 0 Å². The van der Waals surface area contributed by atoms with Crippen LogP contribution in [0.3, 0.4) is 0 Å². The van der Waals surface area contributed by atoms with Crippen LogP contribution in [0.25, 0.3) is 10.8 Å². The van der Waals surface area contributed by atoms with Gasteiger partial charge in [0.25, 0.3) is 0 Å². The van der Waals surface area contributed by atoms with Gasteiger partial charge in [-0.1, -0.05) is 55.5 Å². The van der Waals surface area contributed by atoms with E-state index < -0.39 is 0 Å². The predicted molar refractivity (Wildman–Crippen MR) is 70.4 cm³/mol. The summed E-state index contributed by atoms with van der Waals surface area (Å²) in [4.78, 5) is 0. The molecule has 0 fully saturated rings. The van der Waals surface area contributed by atoms with Crippen LogP contribution in [0.1, 0.15) is 31.7 Å². The van der Waals surface area contributed by atoms with E-state index in [2.05, 4.69) is 61.2 Å². The summed E-state index contributed by atoms with van der Waals surface area (Å²) in [5.74, 6) is 6.44. The van der Waals surface area contributed by atoms with Crippen LogP contribution in [-0.2, 0) is 0 Å². The lowest BCUT2D eigenvalue weighted by atomic mass is 10.1. The van der Waals surface area contributed by atoms with Crippen LogP contribution in [0.4, 0.5) is 0 Å². The third-order valence-corrected chi connectivity index (χ3v) is 2.64. The number of hydrogen-bond acceptors (Lipinski definition) is 0. The zero-order valence-electron chi connectivity index (χ0n) is 9.66. The fourth-order valence-corrected chi connectivity index (χ4v) is 1.70. The Morgan fingerprint density at radius 3 is 2.62 bits per heavy atom. The highest BCUT2D eigenvalue weighted by Crippen LogP contribution is 2.14. The van der Waals surface area contributed by atoms with E-state index >= 15 is 0 Å². The van der Waals surface area contributed by atoms with Gasteiger partial charge in [0.2, 0.25) is 0 Å². The number of unbranched alkanes of at least 4 members (excludes halogenated alkanes) is 2. The van der Waals surface area contributed by atoms with Crippen molar-refractivity contribution in [3.63, 3.8) is 0 Å². The summed E-state index contributed by atoms with van der Waals surface area (Å²) in [5.41, 5.74) is 1.12. The molecule has 2 aromatic rings. The third kappa shape index (κ3) is 2.64. The predicted octanol–water partition coefficient (Wildman–Crippen LogP) is 4.38. The Labute approximate surface area is 97.3 Å². The molecule has 0 aromatic heterocycles. The van der Waals surface area contributed by atoms with Gasteiger partial charge in [0, 0.05) is 12.0 Å². The number of hydrogen-bond donors (Lipinski definition) is 0. The van der Waals surface area contributed by atoms with Crippen molar-refractivity contribution in [2.24, 2.45) is 0 Å². The van der Waals surface area contributed by atoms with E-state index in [0.29, 0.717) is 0 Å². The summed E-state index contributed by atoms with van der Waals surface area (Å²) >= 11 is 0. The zero-order valence-corrected chi connectivity index (χ0v) is 9.66. The highest BCUT2D eigenvalue weighted by molar-refractivity contribution is 5.83. The molecule has 0 saturated heterocycles. The van der Waals surface area contributed by atoms with E-state index in [4.69, 9.17) is 0 Å². The minimum absolute atomic E-state index is 1.00. The van der Waals surface area contributed by atoms with Gasteiger partial charge in [0.05, 0.1) is 0 Å². The van der Waals surface area contributed by atoms with Gasteiger partial charge >= 0.3 is 0 Å². The summed E-state index contributed by atoms with van der Waals surface area (Å²) in [6.07, 6.45) is 3.41. The smallest absolute Gasteiger partial charge is 0.0251 e. The Hall–Kier alpha value is -1.74. The summed E-state index contributed by atoms with van der Waals surface area (Å²) in [5, 5.41) is 2.55. The van der Waals surface area contributed by atoms with Crippen LogP contribution in [0, 0.1) is 11.8 Å². The van der Waals surface area contributed by atoms with Crippen LogP contribution in [0.2, 0.25) is 0 Å². The van der Waals surface area contributed by atoms with E-state index in [1.165, 1.54) is 23.6 Å². The van der Waals surface area contributed by atoms with Crippen molar-refractivity contribution in [1.29, 1.82) is 0 Å². The van der Waals surface area contributed by atoms with Gasteiger partial charge in [-0.15, -0.1) is 0 Å². The molecule has 0 spiro atoms. The fourth-order valence-electron chi connectivity index (χ4n) is 1.70. The topological polar surface area (TPSA) is 0 Å². The second-order valence-electron chi connectivity index (χ2n) is 3.97. The molecule has 2 rings (SSSR count). The first-order valence-electron chi connectivity index (χ1n) is 5.88. The van der Waals surface area contributed by atoms with Crippen LogP contribution in [0.15, 0.2) is 42.5 Å². The van der Waals surface area contributed by atoms with Crippen molar-refractivity contribution in [3.05, 3.63) is 48.0 Å². The summed E-state index contributed by atoms with van der Waals surface area (Å²) < 4.78 is 0. The molecule has 0 heteroatoms. The second-order valence-corrected chi connectivity index (χ2v) is 3.97. The molecule has 0 radical (unpaired) electrons. The van der Waals surface area contributed by atoms with Gasteiger partial charge in [0.15, 0.2) is 0 Å². The lowest BCUT2D eigenvalue weighted by molar-refractivity contribution is 0.828. The molecule has 0 aliphatic carbocycles. The van der Waals surface area contributed by atoms with E-state index in [-0.39, 0.29) is 0 Å². The SMILES string of the molecule is CCCCC#Cc1ccc2ccccc2c1. The molecule has 0 unspecified atom stereocenters. The molecule has 16 heavy (non-hydrogen) atoms. The summed E-state index contributed by atoms with van der Waals surface area (Å²) in [6.45, 7) is 2.19.